The van der Waals surface area contributed by atoms with Crippen LogP contribution in [0.3, 0.4) is 0 Å². The van der Waals surface area contributed by atoms with Gasteiger partial charge in [-0.05, 0) is 55.6 Å². The number of hydrogen-bond acceptors (Lipinski definition) is 5. The molecule has 0 aromatic carbocycles. The summed E-state index contributed by atoms with van der Waals surface area (Å²) < 4.78 is 0. The van der Waals surface area contributed by atoms with E-state index in [0.29, 0.717) is 12.5 Å². The minimum atomic E-state index is 0.0801. The number of amides is 1. The Hall–Kier alpha value is -2.47. The molecule has 138 valence electrons. The Kier molecular flexibility index (Phi) is 6.55. The molecule has 3 heterocycles. The highest BCUT2D eigenvalue weighted by Crippen LogP contribution is 2.20. The van der Waals surface area contributed by atoms with Gasteiger partial charge >= 0.3 is 0 Å². The number of carbonyl (C=O) groups excluding carboxylic acids is 1. The molecule has 0 saturated carbocycles. The number of rotatable bonds is 7. The van der Waals surface area contributed by atoms with Crippen LogP contribution >= 0.6 is 0 Å². The van der Waals surface area contributed by atoms with Crippen LogP contribution in [-0.2, 0) is 11.3 Å². The summed E-state index contributed by atoms with van der Waals surface area (Å²) in [7, 11) is 1.96. The Morgan fingerprint density at radius 2 is 2.12 bits per heavy atom. The van der Waals surface area contributed by atoms with Crippen LogP contribution in [0.5, 0.6) is 0 Å². The van der Waals surface area contributed by atoms with Crippen LogP contribution in [-0.4, -0.2) is 54.0 Å². The average molecular weight is 353 g/mol. The zero-order valence-electron chi connectivity index (χ0n) is 15.3. The van der Waals surface area contributed by atoms with Gasteiger partial charge in [0, 0.05) is 44.8 Å². The van der Waals surface area contributed by atoms with E-state index in [1.807, 2.05) is 42.4 Å². The second kappa shape index (κ2) is 9.29. The highest BCUT2D eigenvalue weighted by Gasteiger charge is 2.21. The van der Waals surface area contributed by atoms with Crippen molar-refractivity contribution in [2.24, 2.45) is 5.92 Å². The van der Waals surface area contributed by atoms with Crippen molar-refractivity contribution in [1.29, 1.82) is 0 Å². The zero-order valence-corrected chi connectivity index (χ0v) is 15.3. The van der Waals surface area contributed by atoms with Gasteiger partial charge in [0.2, 0.25) is 5.91 Å². The van der Waals surface area contributed by atoms with E-state index in [0.717, 1.165) is 50.4 Å². The van der Waals surface area contributed by atoms with Gasteiger partial charge in [-0.2, -0.15) is 0 Å². The Bertz CT molecular complexity index is 679. The highest BCUT2D eigenvalue weighted by molar-refractivity contribution is 5.77. The molecule has 1 aliphatic heterocycles. The van der Waals surface area contributed by atoms with Crippen molar-refractivity contribution >= 4 is 11.7 Å². The van der Waals surface area contributed by atoms with Gasteiger partial charge in [0.05, 0.1) is 6.54 Å². The molecule has 6 nitrogen and oxygen atoms in total. The number of nitrogens with one attached hydrogen (secondary N) is 1. The number of piperidine rings is 1. The summed E-state index contributed by atoms with van der Waals surface area (Å²) in [6.07, 6.45) is 7.67. The number of pyridine rings is 2. The molecule has 2 aromatic rings. The van der Waals surface area contributed by atoms with Gasteiger partial charge < -0.3 is 10.2 Å². The normalized spacial score (nSPS) is 17.3. The van der Waals surface area contributed by atoms with Crippen molar-refractivity contribution in [2.45, 2.75) is 19.4 Å². The molecule has 26 heavy (non-hydrogen) atoms. The first-order valence-corrected chi connectivity index (χ1v) is 9.21. The van der Waals surface area contributed by atoms with Gasteiger partial charge in [-0.15, -0.1) is 0 Å². The maximum atomic E-state index is 12.2. The van der Waals surface area contributed by atoms with Crippen LogP contribution in [0, 0.1) is 5.92 Å². The average Bonchev–Trinajstić information content (AvgIpc) is 2.68. The zero-order chi connectivity index (χ0) is 18.2. The quantitative estimate of drug-likeness (QED) is 0.824. The molecule has 1 unspecified atom stereocenters. The summed E-state index contributed by atoms with van der Waals surface area (Å²) in [5.74, 6) is 1.58. The van der Waals surface area contributed by atoms with Crippen molar-refractivity contribution < 1.29 is 4.79 Å². The first-order valence-electron chi connectivity index (χ1n) is 9.21. The van der Waals surface area contributed by atoms with Gasteiger partial charge in [-0.25, -0.2) is 4.98 Å². The Balaban J connectivity index is 1.41. The SMILES string of the molecule is CN(CC(=O)NCC1CCCN(c2ccccn2)C1)Cc1ccncc1. The largest absolute Gasteiger partial charge is 0.356 e. The second-order valence-corrected chi connectivity index (χ2v) is 6.97. The summed E-state index contributed by atoms with van der Waals surface area (Å²) in [6.45, 7) is 3.86. The highest BCUT2D eigenvalue weighted by atomic mass is 16.2. The first-order chi connectivity index (χ1) is 12.7. The number of aromatic nitrogens is 2. The smallest absolute Gasteiger partial charge is 0.234 e. The molecule has 1 N–H and O–H groups in total. The van der Waals surface area contributed by atoms with Crippen molar-refractivity contribution in [3.05, 3.63) is 54.5 Å². The summed E-state index contributed by atoms with van der Waals surface area (Å²) in [5.41, 5.74) is 1.16. The maximum absolute atomic E-state index is 12.2. The van der Waals surface area contributed by atoms with Gasteiger partial charge in [0.1, 0.15) is 5.82 Å². The van der Waals surface area contributed by atoms with Crippen molar-refractivity contribution in [1.82, 2.24) is 20.2 Å². The molecule has 0 aliphatic carbocycles. The van der Waals surface area contributed by atoms with Crippen molar-refractivity contribution in [2.75, 3.05) is 38.1 Å². The van der Waals surface area contributed by atoms with Gasteiger partial charge in [-0.1, -0.05) is 6.07 Å². The van der Waals surface area contributed by atoms with E-state index < -0.39 is 0 Å². The molecule has 1 fully saturated rings. The standard InChI is InChI=1S/C20H27N5O/c1-24(14-17-7-10-21-11-8-17)16-20(26)23-13-18-5-4-12-25(15-18)19-6-2-3-9-22-19/h2-3,6-11,18H,4-5,12-16H2,1H3,(H,23,26). The van der Waals surface area contributed by atoms with E-state index in [-0.39, 0.29) is 5.91 Å². The molecule has 0 spiro atoms. The van der Waals surface area contributed by atoms with E-state index in [2.05, 4.69) is 26.3 Å². The van der Waals surface area contributed by atoms with E-state index in [9.17, 15) is 4.79 Å². The van der Waals surface area contributed by atoms with E-state index >= 15 is 0 Å². The van der Waals surface area contributed by atoms with E-state index in [1.54, 1.807) is 12.4 Å². The lowest BCUT2D eigenvalue weighted by Crippen LogP contribution is -2.43. The number of nitrogens with zero attached hydrogens (tertiary/aromatic N) is 4. The molecule has 2 aromatic heterocycles. The van der Waals surface area contributed by atoms with Crippen LogP contribution < -0.4 is 10.2 Å². The third-order valence-corrected chi connectivity index (χ3v) is 4.70. The molecular formula is C20H27N5O. The lowest BCUT2D eigenvalue weighted by atomic mass is 9.98. The lowest BCUT2D eigenvalue weighted by molar-refractivity contribution is -0.122. The Morgan fingerprint density at radius 1 is 1.27 bits per heavy atom. The minimum absolute atomic E-state index is 0.0801. The number of carbonyl (C=O) groups is 1. The maximum Gasteiger partial charge on any atom is 0.234 e. The molecular weight excluding hydrogens is 326 g/mol. The summed E-state index contributed by atoms with van der Waals surface area (Å²) in [4.78, 5) is 25.0. The monoisotopic (exact) mass is 353 g/mol. The molecule has 6 heteroatoms. The lowest BCUT2D eigenvalue weighted by Gasteiger charge is -2.33. The molecule has 1 atom stereocenters. The van der Waals surface area contributed by atoms with Crippen LogP contribution in [0.4, 0.5) is 5.82 Å². The van der Waals surface area contributed by atoms with Crippen molar-refractivity contribution in [3.63, 3.8) is 0 Å². The topological polar surface area (TPSA) is 61.4 Å². The fourth-order valence-corrected chi connectivity index (χ4v) is 3.40. The van der Waals surface area contributed by atoms with Crippen LogP contribution in [0.2, 0.25) is 0 Å². The predicted octanol–water partition coefficient (Wildman–Crippen LogP) is 1.94. The summed E-state index contributed by atoms with van der Waals surface area (Å²) in [5, 5.41) is 3.10. The second-order valence-electron chi connectivity index (χ2n) is 6.97. The molecule has 0 bridgehead atoms. The number of anilines is 1. The van der Waals surface area contributed by atoms with Gasteiger partial charge in [0.25, 0.3) is 0 Å². The van der Waals surface area contributed by atoms with Crippen LogP contribution in [0.15, 0.2) is 48.9 Å². The van der Waals surface area contributed by atoms with Crippen LogP contribution in [0.25, 0.3) is 0 Å². The third kappa shape index (κ3) is 5.52. The van der Waals surface area contributed by atoms with E-state index in [1.165, 1.54) is 0 Å². The first kappa shape index (κ1) is 18.3. The Labute approximate surface area is 155 Å². The van der Waals surface area contributed by atoms with E-state index in [4.69, 9.17) is 0 Å². The van der Waals surface area contributed by atoms with Crippen LogP contribution in [0.1, 0.15) is 18.4 Å². The Morgan fingerprint density at radius 3 is 2.88 bits per heavy atom. The van der Waals surface area contributed by atoms with Gasteiger partial charge in [0.15, 0.2) is 0 Å². The third-order valence-electron chi connectivity index (χ3n) is 4.70. The fraction of sp³-hybridized carbons (Fsp3) is 0.450. The molecule has 3 rings (SSSR count). The number of likely N-dealkylation sites (N-methyl/N-ethyl adjacent to an activating group) is 1. The molecule has 0 radical (unpaired) electrons. The predicted molar refractivity (Wildman–Crippen MR) is 103 cm³/mol. The molecule has 1 aliphatic rings. The fourth-order valence-electron chi connectivity index (χ4n) is 3.40. The number of hydrogen-bond donors (Lipinski definition) is 1. The molecule has 1 amide bonds. The minimum Gasteiger partial charge on any atom is -0.356 e. The van der Waals surface area contributed by atoms with Gasteiger partial charge in [-0.3, -0.25) is 14.7 Å². The molecule has 1 saturated heterocycles. The van der Waals surface area contributed by atoms with Crippen molar-refractivity contribution in [3.8, 4) is 0 Å². The summed E-state index contributed by atoms with van der Waals surface area (Å²) >= 11 is 0. The summed E-state index contributed by atoms with van der Waals surface area (Å²) in [6, 6.07) is 9.96.